The normalized spacial score (nSPS) is 11.1. The van der Waals surface area contributed by atoms with Gasteiger partial charge < -0.3 is 4.74 Å². The van der Waals surface area contributed by atoms with Gasteiger partial charge in [-0.05, 0) is 17.7 Å². The molecule has 3 aromatic heterocycles. The largest absolute Gasteiger partial charge is 0.497 e. The van der Waals surface area contributed by atoms with E-state index in [1.54, 1.807) is 28.9 Å². The zero-order valence-electron chi connectivity index (χ0n) is 13.8. The summed E-state index contributed by atoms with van der Waals surface area (Å²) in [5.41, 5.74) is 2.80. The first-order valence-electron chi connectivity index (χ1n) is 7.74. The van der Waals surface area contributed by atoms with Crippen LogP contribution in [0.3, 0.4) is 0 Å². The van der Waals surface area contributed by atoms with Gasteiger partial charge in [0.15, 0.2) is 0 Å². The molecule has 0 spiro atoms. The Labute approximate surface area is 147 Å². The molecule has 0 saturated carbocycles. The molecule has 0 radical (unpaired) electrons. The van der Waals surface area contributed by atoms with Gasteiger partial charge in [-0.3, -0.25) is 14.0 Å². The highest BCUT2D eigenvalue weighted by Gasteiger charge is 2.14. The van der Waals surface area contributed by atoms with E-state index in [1.165, 1.54) is 11.3 Å². The number of thiophene rings is 1. The van der Waals surface area contributed by atoms with E-state index in [0.717, 1.165) is 27.3 Å². The number of hydrogen-bond acceptors (Lipinski definition) is 5. The van der Waals surface area contributed by atoms with Crippen molar-refractivity contribution in [3.8, 4) is 16.9 Å². The molecule has 0 aliphatic carbocycles. The van der Waals surface area contributed by atoms with Crippen LogP contribution in [0.5, 0.6) is 5.75 Å². The zero-order chi connectivity index (χ0) is 17.4. The van der Waals surface area contributed by atoms with Gasteiger partial charge in [0.05, 0.1) is 31.6 Å². The van der Waals surface area contributed by atoms with Crippen molar-refractivity contribution < 1.29 is 4.74 Å². The van der Waals surface area contributed by atoms with Gasteiger partial charge >= 0.3 is 0 Å². The molecule has 0 bridgehead atoms. The second-order valence-electron chi connectivity index (χ2n) is 5.76. The number of rotatable bonds is 4. The van der Waals surface area contributed by atoms with E-state index in [9.17, 15) is 4.79 Å². The third-order valence-corrected chi connectivity index (χ3v) is 4.96. The number of nitrogens with zero attached hydrogens (tertiary/aromatic N) is 4. The van der Waals surface area contributed by atoms with Gasteiger partial charge in [-0.15, -0.1) is 11.3 Å². The van der Waals surface area contributed by atoms with Crippen LogP contribution in [0.4, 0.5) is 0 Å². The molecule has 0 aliphatic rings. The predicted octanol–water partition coefficient (Wildman–Crippen LogP) is 2.92. The van der Waals surface area contributed by atoms with Crippen molar-refractivity contribution in [2.75, 3.05) is 7.11 Å². The minimum atomic E-state index is -0.0408. The van der Waals surface area contributed by atoms with Crippen molar-refractivity contribution in [1.82, 2.24) is 19.3 Å². The van der Waals surface area contributed by atoms with Crippen molar-refractivity contribution in [2.45, 2.75) is 6.54 Å². The van der Waals surface area contributed by atoms with Crippen LogP contribution in [0.1, 0.15) is 5.56 Å². The Morgan fingerprint density at radius 3 is 2.72 bits per heavy atom. The Kier molecular flexibility index (Phi) is 3.85. The standard InChI is InChI=1S/C18H16N4O2S/c1-21-8-12(7-20-21)9-22-11-19-17-16(18(22)23)15(10-25-17)13-3-5-14(24-2)6-4-13/h3-8,10-11H,9H2,1-2H3. The monoisotopic (exact) mass is 352 g/mol. The number of hydrogen-bond donors (Lipinski definition) is 0. The van der Waals surface area contributed by atoms with E-state index in [0.29, 0.717) is 11.9 Å². The number of aryl methyl sites for hydroxylation is 1. The third kappa shape index (κ3) is 2.83. The summed E-state index contributed by atoms with van der Waals surface area (Å²) in [6.07, 6.45) is 5.26. The fourth-order valence-electron chi connectivity index (χ4n) is 2.81. The molecule has 0 unspecified atom stereocenters. The van der Waals surface area contributed by atoms with Crippen LogP contribution in [-0.4, -0.2) is 26.4 Å². The Morgan fingerprint density at radius 2 is 2.04 bits per heavy atom. The molecule has 6 nitrogen and oxygen atoms in total. The first-order chi connectivity index (χ1) is 12.2. The lowest BCUT2D eigenvalue weighted by Crippen LogP contribution is -2.20. The highest BCUT2D eigenvalue weighted by molar-refractivity contribution is 7.17. The van der Waals surface area contributed by atoms with E-state index < -0.39 is 0 Å². The SMILES string of the molecule is COc1ccc(-c2csc3ncn(Cc4cnn(C)c4)c(=O)c23)cc1. The molecule has 4 rings (SSSR count). The lowest BCUT2D eigenvalue weighted by molar-refractivity contribution is 0.415. The van der Waals surface area contributed by atoms with E-state index in [4.69, 9.17) is 4.74 Å². The molecular formula is C18H16N4O2S. The molecule has 3 heterocycles. The smallest absolute Gasteiger partial charge is 0.263 e. The van der Waals surface area contributed by atoms with Crippen molar-refractivity contribution in [3.05, 3.63) is 64.3 Å². The van der Waals surface area contributed by atoms with Crippen LogP contribution < -0.4 is 10.3 Å². The van der Waals surface area contributed by atoms with Crippen LogP contribution in [-0.2, 0) is 13.6 Å². The summed E-state index contributed by atoms with van der Waals surface area (Å²) in [5.74, 6) is 0.787. The molecule has 25 heavy (non-hydrogen) atoms. The average molecular weight is 352 g/mol. The molecule has 126 valence electrons. The van der Waals surface area contributed by atoms with E-state index in [1.807, 2.05) is 42.9 Å². The molecule has 0 atom stereocenters. The Hall–Kier alpha value is -2.93. The van der Waals surface area contributed by atoms with Crippen LogP contribution in [0.2, 0.25) is 0 Å². The van der Waals surface area contributed by atoms with E-state index in [-0.39, 0.29) is 5.56 Å². The fourth-order valence-corrected chi connectivity index (χ4v) is 3.72. The molecular weight excluding hydrogens is 336 g/mol. The summed E-state index contributed by atoms with van der Waals surface area (Å²) in [4.78, 5) is 18.2. The van der Waals surface area contributed by atoms with Gasteiger partial charge in [-0.2, -0.15) is 5.10 Å². The van der Waals surface area contributed by atoms with Crippen molar-refractivity contribution in [2.24, 2.45) is 7.05 Å². The maximum absolute atomic E-state index is 13.0. The summed E-state index contributed by atoms with van der Waals surface area (Å²) in [7, 11) is 3.49. The van der Waals surface area contributed by atoms with Gasteiger partial charge in [0.25, 0.3) is 5.56 Å². The minimum absolute atomic E-state index is 0.0408. The Balaban J connectivity index is 1.80. The second kappa shape index (κ2) is 6.18. The topological polar surface area (TPSA) is 61.9 Å². The number of ether oxygens (including phenoxy) is 1. The van der Waals surface area contributed by atoms with Crippen molar-refractivity contribution >= 4 is 21.6 Å². The molecule has 0 amide bonds. The van der Waals surface area contributed by atoms with Gasteiger partial charge in [0.1, 0.15) is 10.6 Å². The van der Waals surface area contributed by atoms with Crippen LogP contribution in [0.25, 0.3) is 21.3 Å². The van der Waals surface area contributed by atoms with Crippen LogP contribution >= 0.6 is 11.3 Å². The number of benzene rings is 1. The van der Waals surface area contributed by atoms with E-state index in [2.05, 4.69) is 10.1 Å². The molecule has 0 fully saturated rings. The molecule has 7 heteroatoms. The summed E-state index contributed by atoms with van der Waals surface area (Å²) in [5, 5.41) is 6.78. The fraction of sp³-hybridized carbons (Fsp3) is 0.167. The lowest BCUT2D eigenvalue weighted by atomic mass is 10.1. The van der Waals surface area contributed by atoms with Crippen molar-refractivity contribution in [3.63, 3.8) is 0 Å². The molecule has 1 aromatic carbocycles. The predicted molar refractivity (Wildman–Crippen MR) is 98.2 cm³/mol. The average Bonchev–Trinajstić information content (AvgIpc) is 3.24. The lowest BCUT2D eigenvalue weighted by Gasteiger charge is -2.05. The molecule has 0 saturated heterocycles. The maximum atomic E-state index is 13.0. The number of aromatic nitrogens is 4. The number of methoxy groups -OCH3 is 1. The summed E-state index contributed by atoms with van der Waals surface area (Å²) >= 11 is 1.48. The Morgan fingerprint density at radius 1 is 1.24 bits per heavy atom. The summed E-state index contributed by atoms with van der Waals surface area (Å²) in [6.45, 7) is 0.452. The van der Waals surface area contributed by atoms with Gasteiger partial charge in [0, 0.05) is 29.8 Å². The quantitative estimate of drug-likeness (QED) is 0.567. The molecule has 0 N–H and O–H groups in total. The van der Waals surface area contributed by atoms with Crippen molar-refractivity contribution in [1.29, 1.82) is 0 Å². The first-order valence-corrected chi connectivity index (χ1v) is 8.62. The van der Waals surface area contributed by atoms with E-state index >= 15 is 0 Å². The molecule has 4 aromatic rings. The summed E-state index contributed by atoms with van der Waals surface area (Å²) < 4.78 is 8.55. The second-order valence-corrected chi connectivity index (χ2v) is 6.62. The zero-order valence-corrected chi connectivity index (χ0v) is 14.7. The highest BCUT2D eigenvalue weighted by Crippen LogP contribution is 2.31. The third-order valence-electron chi connectivity index (χ3n) is 4.07. The van der Waals surface area contributed by atoms with Gasteiger partial charge in [-0.1, -0.05) is 12.1 Å². The van der Waals surface area contributed by atoms with Crippen LogP contribution in [0, 0.1) is 0 Å². The first kappa shape index (κ1) is 15.6. The van der Waals surface area contributed by atoms with Gasteiger partial charge in [0.2, 0.25) is 0 Å². The van der Waals surface area contributed by atoms with Gasteiger partial charge in [-0.25, -0.2) is 4.98 Å². The Bertz CT molecular complexity index is 1090. The maximum Gasteiger partial charge on any atom is 0.263 e. The summed E-state index contributed by atoms with van der Waals surface area (Å²) in [6, 6.07) is 7.70. The van der Waals surface area contributed by atoms with Crippen LogP contribution in [0.15, 0.2) is 53.2 Å². The number of fused-ring (bicyclic) bond motifs is 1. The minimum Gasteiger partial charge on any atom is -0.497 e. The highest BCUT2D eigenvalue weighted by atomic mass is 32.1. The molecule has 0 aliphatic heterocycles.